The van der Waals surface area contributed by atoms with Gasteiger partial charge in [0.1, 0.15) is 5.75 Å². The molecule has 0 saturated carbocycles. The SMILES string of the molecule is CNC(c1ccc(OC)c(C)c1)c1cccc(F)c1F. The van der Waals surface area contributed by atoms with Crippen LogP contribution in [-0.4, -0.2) is 14.2 Å². The molecule has 1 N–H and O–H groups in total. The first kappa shape index (κ1) is 14.5. The third kappa shape index (κ3) is 2.65. The van der Waals surface area contributed by atoms with Gasteiger partial charge in [0.05, 0.1) is 13.2 Å². The molecule has 2 aromatic carbocycles. The first-order valence-electron chi connectivity index (χ1n) is 6.34. The van der Waals surface area contributed by atoms with E-state index in [1.54, 1.807) is 20.2 Å². The molecule has 0 aromatic heterocycles. The van der Waals surface area contributed by atoms with E-state index < -0.39 is 17.7 Å². The third-order valence-corrected chi connectivity index (χ3v) is 3.33. The Kier molecular flexibility index (Phi) is 4.35. The van der Waals surface area contributed by atoms with Crippen molar-refractivity contribution in [1.29, 1.82) is 0 Å². The van der Waals surface area contributed by atoms with Crippen molar-refractivity contribution in [2.45, 2.75) is 13.0 Å². The van der Waals surface area contributed by atoms with Crippen molar-refractivity contribution in [2.75, 3.05) is 14.2 Å². The summed E-state index contributed by atoms with van der Waals surface area (Å²) in [6.45, 7) is 1.91. The predicted molar refractivity (Wildman–Crippen MR) is 75.0 cm³/mol. The molecular formula is C16H17F2NO. The Morgan fingerprint density at radius 1 is 1.15 bits per heavy atom. The van der Waals surface area contributed by atoms with Crippen molar-refractivity contribution < 1.29 is 13.5 Å². The van der Waals surface area contributed by atoms with Gasteiger partial charge in [0.25, 0.3) is 0 Å². The van der Waals surface area contributed by atoms with E-state index in [4.69, 9.17) is 4.74 Å². The molecule has 0 saturated heterocycles. The second-order valence-corrected chi connectivity index (χ2v) is 4.59. The molecule has 0 amide bonds. The number of halogens is 2. The fourth-order valence-electron chi connectivity index (χ4n) is 2.33. The molecular weight excluding hydrogens is 260 g/mol. The highest BCUT2D eigenvalue weighted by Crippen LogP contribution is 2.28. The molecule has 20 heavy (non-hydrogen) atoms. The Morgan fingerprint density at radius 2 is 1.90 bits per heavy atom. The molecule has 4 heteroatoms. The van der Waals surface area contributed by atoms with Crippen molar-refractivity contribution >= 4 is 0 Å². The van der Waals surface area contributed by atoms with Crippen molar-refractivity contribution in [3.05, 3.63) is 64.7 Å². The van der Waals surface area contributed by atoms with Crippen molar-refractivity contribution in [3.63, 3.8) is 0 Å². The topological polar surface area (TPSA) is 21.3 Å². The molecule has 0 aliphatic rings. The molecule has 0 radical (unpaired) electrons. The fraction of sp³-hybridized carbons (Fsp3) is 0.250. The largest absolute Gasteiger partial charge is 0.496 e. The molecule has 0 fully saturated rings. The molecule has 0 bridgehead atoms. The normalized spacial score (nSPS) is 12.2. The molecule has 106 valence electrons. The maximum absolute atomic E-state index is 13.9. The second kappa shape index (κ2) is 6.01. The van der Waals surface area contributed by atoms with Gasteiger partial charge in [-0.3, -0.25) is 0 Å². The van der Waals surface area contributed by atoms with Crippen LogP contribution < -0.4 is 10.1 Å². The van der Waals surface area contributed by atoms with Crippen LogP contribution in [0.2, 0.25) is 0 Å². The van der Waals surface area contributed by atoms with E-state index in [9.17, 15) is 8.78 Å². The lowest BCUT2D eigenvalue weighted by molar-refractivity contribution is 0.411. The number of ether oxygens (including phenoxy) is 1. The Morgan fingerprint density at radius 3 is 2.50 bits per heavy atom. The molecule has 0 spiro atoms. The molecule has 0 aliphatic heterocycles. The lowest BCUT2D eigenvalue weighted by Gasteiger charge is -2.19. The van der Waals surface area contributed by atoms with Gasteiger partial charge in [0.2, 0.25) is 0 Å². The zero-order valence-electron chi connectivity index (χ0n) is 11.7. The van der Waals surface area contributed by atoms with E-state index >= 15 is 0 Å². The van der Waals surface area contributed by atoms with Gasteiger partial charge in [-0.25, -0.2) is 8.78 Å². The zero-order valence-corrected chi connectivity index (χ0v) is 11.7. The zero-order chi connectivity index (χ0) is 14.7. The first-order chi connectivity index (χ1) is 9.58. The molecule has 0 aliphatic carbocycles. The van der Waals surface area contributed by atoms with Gasteiger partial charge < -0.3 is 10.1 Å². The molecule has 1 unspecified atom stereocenters. The van der Waals surface area contributed by atoms with Crippen LogP contribution in [0.5, 0.6) is 5.75 Å². The number of hydrogen-bond donors (Lipinski definition) is 1. The van der Waals surface area contributed by atoms with Gasteiger partial charge in [-0.2, -0.15) is 0 Å². The third-order valence-electron chi connectivity index (χ3n) is 3.33. The number of aryl methyl sites for hydroxylation is 1. The van der Waals surface area contributed by atoms with E-state index in [0.717, 1.165) is 22.9 Å². The fourth-order valence-corrected chi connectivity index (χ4v) is 2.33. The van der Waals surface area contributed by atoms with Crippen molar-refractivity contribution in [2.24, 2.45) is 0 Å². The first-order valence-corrected chi connectivity index (χ1v) is 6.34. The summed E-state index contributed by atoms with van der Waals surface area (Å²) < 4.78 is 32.5. The van der Waals surface area contributed by atoms with Crippen LogP contribution in [0.4, 0.5) is 8.78 Å². The number of nitrogens with one attached hydrogen (secondary N) is 1. The summed E-state index contributed by atoms with van der Waals surface area (Å²) in [5.74, 6) is -0.892. The van der Waals surface area contributed by atoms with Crippen LogP contribution in [0.1, 0.15) is 22.7 Å². The summed E-state index contributed by atoms with van der Waals surface area (Å²) in [6.07, 6.45) is 0. The smallest absolute Gasteiger partial charge is 0.163 e. The quantitative estimate of drug-likeness (QED) is 0.922. The molecule has 2 aromatic rings. The van der Waals surface area contributed by atoms with Crippen LogP contribution in [0, 0.1) is 18.6 Å². The summed E-state index contributed by atoms with van der Waals surface area (Å²) in [5, 5.41) is 3.02. The van der Waals surface area contributed by atoms with Crippen molar-refractivity contribution in [3.8, 4) is 5.75 Å². The van der Waals surface area contributed by atoms with E-state index in [-0.39, 0.29) is 5.56 Å². The lowest BCUT2D eigenvalue weighted by Crippen LogP contribution is -2.19. The summed E-state index contributed by atoms with van der Waals surface area (Å²) >= 11 is 0. The molecule has 2 rings (SSSR count). The summed E-state index contributed by atoms with van der Waals surface area (Å²) in [7, 11) is 3.32. The number of rotatable bonds is 4. The number of hydrogen-bond acceptors (Lipinski definition) is 2. The van der Waals surface area contributed by atoms with Gasteiger partial charge in [0, 0.05) is 5.56 Å². The Bertz CT molecular complexity index is 613. The van der Waals surface area contributed by atoms with E-state index in [1.807, 2.05) is 25.1 Å². The summed E-state index contributed by atoms with van der Waals surface area (Å²) in [6, 6.07) is 9.38. The van der Waals surface area contributed by atoms with E-state index in [2.05, 4.69) is 5.32 Å². The van der Waals surface area contributed by atoms with Crippen LogP contribution in [-0.2, 0) is 0 Å². The number of methoxy groups -OCH3 is 1. The Hall–Kier alpha value is -1.94. The molecule has 1 atom stereocenters. The minimum absolute atomic E-state index is 0.289. The minimum Gasteiger partial charge on any atom is -0.496 e. The van der Waals surface area contributed by atoms with Gasteiger partial charge in [0.15, 0.2) is 11.6 Å². The monoisotopic (exact) mass is 277 g/mol. The molecule has 2 nitrogen and oxygen atoms in total. The second-order valence-electron chi connectivity index (χ2n) is 4.59. The number of benzene rings is 2. The van der Waals surface area contributed by atoms with E-state index in [1.165, 1.54) is 6.07 Å². The van der Waals surface area contributed by atoms with Crippen LogP contribution in [0.15, 0.2) is 36.4 Å². The summed E-state index contributed by atoms with van der Waals surface area (Å²) in [5.41, 5.74) is 2.09. The maximum atomic E-state index is 13.9. The summed E-state index contributed by atoms with van der Waals surface area (Å²) in [4.78, 5) is 0. The Labute approximate surface area is 117 Å². The van der Waals surface area contributed by atoms with Gasteiger partial charge in [-0.05, 0) is 37.2 Å². The lowest BCUT2D eigenvalue weighted by atomic mass is 9.96. The van der Waals surface area contributed by atoms with Crippen LogP contribution >= 0.6 is 0 Å². The highest BCUT2D eigenvalue weighted by atomic mass is 19.2. The van der Waals surface area contributed by atoms with Crippen molar-refractivity contribution in [1.82, 2.24) is 5.32 Å². The highest BCUT2D eigenvalue weighted by Gasteiger charge is 2.19. The van der Waals surface area contributed by atoms with Gasteiger partial charge in [-0.15, -0.1) is 0 Å². The van der Waals surface area contributed by atoms with Crippen LogP contribution in [0.3, 0.4) is 0 Å². The van der Waals surface area contributed by atoms with E-state index in [0.29, 0.717) is 0 Å². The minimum atomic E-state index is -0.840. The van der Waals surface area contributed by atoms with Gasteiger partial charge >= 0.3 is 0 Å². The predicted octanol–water partition coefficient (Wildman–Crippen LogP) is 3.59. The Balaban J connectivity index is 2.47. The maximum Gasteiger partial charge on any atom is 0.163 e. The van der Waals surface area contributed by atoms with Gasteiger partial charge in [-0.1, -0.05) is 24.3 Å². The average Bonchev–Trinajstić information content (AvgIpc) is 2.44. The molecule has 0 heterocycles. The standard InChI is InChI=1S/C16H17F2NO/c1-10-9-11(7-8-14(10)20-3)16(19-2)12-5-4-6-13(17)15(12)18/h4-9,16,19H,1-3H3. The average molecular weight is 277 g/mol. The van der Waals surface area contributed by atoms with Crippen LogP contribution in [0.25, 0.3) is 0 Å². The highest BCUT2D eigenvalue weighted by molar-refractivity contribution is 5.41.